The molecule has 1 aliphatic carbocycles. The summed E-state index contributed by atoms with van der Waals surface area (Å²) in [5.74, 6) is 1.83. The van der Waals surface area contributed by atoms with Crippen LogP contribution in [0.5, 0.6) is 0 Å². The molecule has 0 aliphatic heterocycles. The van der Waals surface area contributed by atoms with Gasteiger partial charge in [-0.15, -0.1) is 0 Å². The van der Waals surface area contributed by atoms with E-state index in [0.29, 0.717) is 0 Å². The molecule has 0 aromatic rings. The van der Waals surface area contributed by atoms with Crippen LogP contribution in [0.2, 0.25) is 0 Å². The van der Waals surface area contributed by atoms with Gasteiger partial charge in [0.05, 0.1) is 0 Å². The summed E-state index contributed by atoms with van der Waals surface area (Å²) in [7, 11) is 0. The summed E-state index contributed by atoms with van der Waals surface area (Å²) in [6.07, 6.45) is 25.4. The molecule has 1 rings (SSSR count). The van der Waals surface area contributed by atoms with Crippen LogP contribution in [-0.4, -0.2) is 0 Å². The zero-order valence-electron chi connectivity index (χ0n) is 17.3. The highest BCUT2D eigenvalue weighted by Gasteiger charge is 2.31. The standard InChI is InChI=1S/C12H23.C12H25/c1-3-4-5-6-7-8-9-12-10-11(12)2;1-3-5-7-9-11-12-10-8-6-4-2/h11-12H,2-10H2,1H3;1,3-12H2,2H3. The quantitative estimate of drug-likeness (QED) is 0.247. The summed E-state index contributed by atoms with van der Waals surface area (Å²) < 4.78 is 0. The van der Waals surface area contributed by atoms with Crippen LogP contribution in [0.15, 0.2) is 0 Å². The highest BCUT2D eigenvalue weighted by molar-refractivity contribution is 4.87. The van der Waals surface area contributed by atoms with E-state index < -0.39 is 0 Å². The zero-order chi connectivity index (χ0) is 17.9. The molecule has 0 N–H and O–H groups in total. The van der Waals surface area contributed by atoms with Gasteiger partial charge >= 0.3 is 0 Å². The third-order valence-electron chi connectivity index (χ3n) is 5.35. The molecule has 0 nitrogen and oxygen atoms in total. The highest BCUT2D eigenvalue weighted by Crippen LogP contribution is 2.41. The smallest absolute Gasteiger partial charge is 0.0383 e. The van der Waals surface area contributed by atoms with Gasteiger partial charge < -0.3 is 0 Å². The molecule has 2 unspecified atom stereocenters. The predicted octanol–water partition coefficient (Wildman–Crippen LogP) is 8.95. The maximum Gasteiger partial charge on any atom is -0.0383 e. The second-order valence-corrected chi connectivity index (χ2v) is 7.99. The maximum atomic E-state index is 4.06. The van der Waals surface area contributed by atoms with Crippen molar-refractivity contribution in [3.8, 4) is 0 Å². The third kappa shape index (κ3) is 18.3. The molecular formula is C24H48. The molecule has 0 spiro atoms. The van der Waals surface area contributed by atoms with E-state index in [0.717, 1.165) is 18.3 Å². The lowest BCUT2D eigenvalue weighted by Crippen LogP contribution is -1.82. The fraction of sp³-hybridized carbons (Fsp3) is 0.917. The Hall–Kier alpha value is 0. The van der Waals surface area contributed by atoms with Gasteiger partial charge in [0.2, 0.25) is 0 Å². The molecular weight excluding hydrogens is 288 g/mol. The van der Waals surface area contributed by atoms with E-state index in [-0.39, 0.29) is 0 Å². The first-order chi connectivity index (χ1) is 11.8. The van der Waals surface area contributed by atoms with Gasteiger partial charge in [-0.3, -0.25) is 0 Å². The summed E-state index contributed by atoms with van der Waals surface area (Å²) in [4.78, 5) is 0. The van der Waals surface area contributed by atoms with Gasteiger partial charge in [-0.2, -0.15) is 0 Å². The second-order valence-electron chi connectivity index (χ2n) is 7.99. The van der Waals surface area contributed by atoms with Crippen molar-refractivity contribution in [2.45, 2.75) is 129 Å². The van der Waals surface area contributed by atoms with Crippen molar-refractivity contribution in [3.05, 3.63) is 13.8 Å². The Morgan fingerprint density at radius 2 is 1.00 bits per heavy atom. The monoisotopic (exact) mass is 336 g/mol. The lowest BCUT2D eigenvalue weighted by atomic mass is 10.1. The Balaban J connectivity index is 0.000000441. The van der Waals surface area contributed by atoms with Crippen molar-refractivity contribution in [1.82, 2.24) is 0 Å². The minimum absolute atomic E-state index is 0.820. The van der Waals surface area contributed by atoms with Gasteiger partial charge in [-0.1, -0.05) is 130 Å². The van der Waals surface area contributed by atoms with Crippen LogP contribution in [0.4, 0.5) is 0 Å². The Morgan fingerprint density at radius 1 is 0.625 bits per heavy atom. The lowest BCUT2D eigenvalue weighted by Gasteiger charge is -1.99. The fourth-order valence-corrected chi connectivity index (χ4v) is 3.34. The van der Waals surface area contributed by atoms with Gasteiger partial charge in [-0.25, -0.2) is 0 Å². The normalized spacial score (nSPS) is 19.0. The summed E-state index contributed by atoms with van der Waals surface area (Å²) in [6, 6.07) is 0. The molecule has 24 heavy (non-hydrogen) atoms. The third-order valence-corrected chi connectivity index (χ3v) is 5.35. The van der Waals surface area contributed by atoms with Crippen LogP contribution in [0.25, 0.3) is 0 Å². The minimum atomic E-state index is 0.820. The lowest BCUT2D eigenvalue weighted by molar-refractivity contribution is 0.560. The molecule has 2 radical (unpaired) electrons. The van der Waals surface area contributed by atoms with Crippen molar-refractivity contribution in [2.75, 3.05) is 0 Å². The topological polar surface area (TPSA) is 0 Å². The van der Waals surface area contributed by atoms with Crippen molar-refractivity contribution in [2.24, 2.45) is 11.8 Å². The minimum Gasteiger partial charge on any atom is -0.0654 e. The molecule has 1 saturated carbocycles. The Kier molecular flexibility index (Phi) is 19.3. The van der Waals surface area contributed by atoms with Gasteiger partial charge in [-0.05, 0) is 25.2 Å². The Labute approximate surface area is 155 Å². The largest absolute Gasteiger partial charge is 0.0654 e. The summed E-state index contributed by atoms with van der Waals surface area (Å²) in [5, 5.41) is 0. The van der Waals surface area contributed by atoms with Gasteiger partial charge in [0.1, 0.15) is 0 Å². The predicted molar refractivity (Wildman–Crippen MR) is 112 cm³/mol. The molecule has 0 aromatic heterocycles. The average Bonchev–Trinajstić information content (AvgIpc) is 3.29. The van der Waals surface area contributed by atoms with Crippen LogP contribution in [0, 0.1) is 25.7 Å². The van der Waals surface area contributed by atoms with Gasteiger partial charge in [0.25, 0.3) is 0 Å². The number of rotatable bonds is 16. The molecule has 0 saturated heterocycles. The van der Waals surface area contributed by atoms with Gasteiger partial charge in [0, 0.05) is 0 Å². The van der Waals surface area contributed by atoms with Crippen LogP contribution in [-0.2, 0) is 0 Å². The van der Waals surface area contributed by atoms with Crippen LogP contribution < -0.4 is 0 Å². The first-order valence-corrected chi connectivity index (χ1v) is 11.4. The van der Waals surface area contributed by atoms with Crippen molar-refractivity contribution >= 4 is 0 Å². The fourth-order valence-electron chi connectivity index (χ4n) is 3.34. The molecule has 2 atom stereocenters. The highest BCUT2D eigenvalue weighted by atomic mass is 14.4. The Morgan fingerprint density at radius 3 is 1.38 bits per heavy atom. The molecule has 1 aliphatic rings. The van der Waals surface area contributed by atoms with Crippen molar-refractivity contribution in [1.29, 1.82) is 0 Å². The van der Waals surface area contributed by atoms with Crippen molar-refractivity contribution in [3.63, 3.8) is 0 Å². The van der Waals surface area contributed by atoms with E-state index in [9.17, 15) is 0 Å². The molecule has 0 aromatic carbocycles. The molecule has 0 heteroatoms. The maximum absolute atomic E-state index is 4.06. The molecule has 0 amide bonds. The number of hydrogen-bond donors (Lipinski definition) is 0. The summed E-state index contributed by atoms with van der Waals surface area (Å²) in [5.41, 5.74) is 0. The van der Waals surface area contributed by atoms with Crippen LogP contribution in [0.3, 0.4) is 0 Å². The molecule has 0 bridgehead atoms. The van der Waals surface area contributed by atoms with Crippen molar-refractivity contribution < 1.29 is 0 Å². The second kappa shape index (κ2) is 19.3. The SMILES string of the molecule is [CH2]C1CC1CCCCCCCC.[CH2]CCCCCCCCCCC. The number of unbranched alkanes of at least 4 members (excludes halogenated alkanes) is 14. The van der Waals surface area contributed by atoms with E-state index in [1.165, 1.54) is 109 Å². The van der Waals surface area contributed by atoms with E-state index in [2.05, 4.69) is 27.7 Å². The average molecular weight is 337 g/mol. The molecule has 144 valence electrons. The first kappa shape index (κ1) is 24.0. The van der Waals surface area contributed by atoms with E-state index >= 15 is 0 Å². The molecule has 0 heterocycles. The van der Waals surface area contributed by atoms with Crippen LogP contribution >= 0.6 is 0 Å². The van der Waals surface area contributed by atoms with E-state index in [1.54, 1.807) is 0 Å². The zero-order valence-corrected chi connectivity index (χ0v) is 17.3. The van der Waals surface area contributed by atoms with Crippen LogP contribution in [0.1, 0.15) is 129 Å². The molecule has 1 fully saturated rings. The summed E-state index contributed by atoms with van der Waals surface area (Å²) in [6.45, 7) is 12.5. The summed E-state index contributed by atoms with van der Waals surface area (Å²) >= 11 is 0. The van der Waals surface area contributed by atoms with E-state index in [1.807, 2.05) is 0 Å². The van der Waals surface area contributed by atoms with E-state index in [4.69, 9.17) is 0 Å². The number of hydrogen-bond acceptors (Lipinski definition) is 0. The van der Waals surface area contributed by atoms with Gasteiger partial charge in [0.15, 0.2) is 0 Å². The first-order valence-electron chi connectivity index (χ1n) is 11.4. The Bertz CT molecular complexity index is 210.